The predicted octanol–water partition coefficient (Wildman–Crippen LogP) is 2.91. The van der Waals surface area contributed by atoms with Crippen molar-refractivity contribution in [3.05, 3.63) is 41.2 Å². The summed E-state index contributed by atoms with van der Waals surface area (Å²) in [5.74, 6) is 0.0582. The van der Waals surface area contributed by atoms with Gasteiger partial charge in [-0.3, -0.25) is 9.69 Å². The van der Waals surface area contributed by atoms with Gasteiger partial charge in [0.25, 0.3) is 0 Å². The van der Waals surface area contributed by atoms with E-state index in [1.54, 1.807) is 30.5 Å². The first-order valence-corrected chi connectivity index (χ1v) is 8.68. The van der Waals surface area contributed by atoms with E-state index in [-0.39, 0.29) is 17.6 Å². The molecule has 0 atom stereocenters. The Morgan fingerprint density at radius 3 is 2.70 bits per heavy atom. The second kappa shape index (κ2) is 7.19. The molecule has 122 valence electrons. The molecule has 6 heteroatoms. The smallest absolute Gasteiger partial charge is 0.222 e. The SMILES string of the molecule is CNC(=O)C1CCN(Cc2csc(-c3ccc(F)cc3)n2)CC1. The summed E-state index contributed by atoms with van der Waals surface area (Å²) in [5.41, 5.74) is 1.98. The summed E-state index contributed by atoms with van der Waals surface area (Å²) in [7, 11) is 1.70. The first-order valence-electron chi connectivity index (χ1n) is 7.80. The van der Waals surface area contributed by atoms with Crippen LogP contribution in [0.5, 0.6) is 0 Å². The van der Waals surface area contributed by atoms with Crippen molar-refractivity contribution in [3.63, 3.8) is 0 Å². The van der Waals surface area contributed by atoms with Gasteiger partial charge >= 0.3 is 0 Å². The summed E-state index contributed by atoms with van der Waals surface area (Å²) in [4.78, 5) is 18.6. The Bertz CT molecular complexity index is 663. The Labute approximate surface area is 139 Å². The van der Waals surface area contributed by atoms with E-state index in [4.69, 9.17) is 0 Å². The van der Waals surface area contributed by atoms with Gasteiger partial charge in [-0.2, -0.15) is 0 Å². The van der Waals surface area contributed by atoms with E-state index in [1.165, 1.54) is 12.1 Å². The van der Waals surface area contributed by atoms with Crippen LogP contribution in [0.2, 0.25) is 0 Å². The summed E-state index contributed by atoms with van der Waals surface area (Å²) in [6.45, 7) is 2.64. The number of thiazole rings is 1. The minimum Gasteiger partial charge on any atom is -0.359 e. The fraction of sp³-hybridized carbons (Fsp3) is 0.412. The van der Waals surface area contributed by atoms with Gasteiger partial charge in [0.05, 0.1) is 5.69 Å². The van der Waals surface area contributed by atoms with Crippen LogP contribution in [0.4, 0.5) is 4.39 Å². The minimum atomic E-state index is -0.232. The van der Waals surface area contributed by atoms with Crippen LogP contribution in [0.1, 0.15) is 18.5 Å². The molecule has 1 aliphatic rings. The first kappa shape index (κ1) is 16.1. The van der Waals surface area contributed by atoms with Crippen molar-refractivity contribution in [2.24, 2.45) is 5.92 Å². The van der Waals surface area contributed by atoms with Crippen LogP contribution in [-0.4, -0.2) is 35.9 Å². The van der Waals surface area contributed by atoms with Gasteiger partial charge in [-0.05, 0) is 50.2 Å². The maximum atomic E-state index is 13.0. The van der Waals surface area contributed by atoms with E-state index in [9.17, 15) is 9.18 Å². The normalized spacial score (nSPS) is 16.4. The molecule has 1 saturated heterocycles. The Kier molecular flexibility index (Phi) is 5.03. The third-order valence-corrected chi connectivity index (χ3v) is 5.17. The molecule has 0 unspecified atom stereocenters. The van der Waals surface area contributed by atoms with Gasteiger partial charge in [-0.1, -0.05) is 0 Å². The number of rotatable bonds is 4. The maximum absolute atomic E-state index is 13.0. The number of benzene rings is 1. The number of nitrogens with one attached hydrogen (secondary N) is 1. The molecule has 0 saturated carbocycles. The number of carbonyl (C=O) groups excluding carboxylic acids is 1. The molecule has 4 nitrogen and oxygen atoms in total. The fourth-order valence-corrected chi connectivity index (χ4v) is 3.71. The first-order chi connectivity index (χ1) is 11.2. The van der Waals surface area contributed by atoms with E-state index in [0.717, 1.165) is 48.7 Å². The summed E-state index contributed by atoms with van der Waals surface area (Å²) >= 11 is 1.58. The lowest BCUT2D eigenvalue weighted by molar-refractivity contribution is -0.125. The fourth-order valence-electron chi connectivity index (χ4n) is 2.89. The zero-order valence-corrected chi connectivity index (χ0v) is 13.9. The number of nitrogens with zero attached hydrogens (tertiary/aromatic N) is 2. The molecule has 3 rings (SSSR count). The van der Waals surface area contributed by atoms with Crippen LogP contribution in [-0.2, 0) is 11.3 Å². The molecule has 1 aromatic carbocycles. The zero-order valence-electron chi connectivity index (χ0n) is 13.1. The predicted molar refractivity (Wildman–Crippen MR) is 89.6 cm³/mol. The summed E-state index contributed by atoms with van der Waals surface area (Å²) in [6.07, 6.45) is 1.79. The lowest BCUT2D eigenvalue weighted by atomic mass is 9.96. The number of amides is 1. The molecule has 23 heavy (non-hydrogen) atoms. The average molecular weight is 333 g/mol. The Balaban J connectivity index is 1.58. The van der Waals surface area contributed by atoms with Crippen molar-refractivity contribution in [1.29, 1.82) is 0 Å². The molecule has 1 aromatic heterocycles. The molecule has 0 bridgehead atoms. The molecule has 1 aliphatic heterocycles. The van der Waals surface area contributed by atoms with Gasteiger partial charge in [0.1, 0.15) is 10.8 Å². The highest BCUT2D eigenvalue weighted by atomic mass is 32.1. The molecule has 1 N–H and O–H groups in total. The van der Waals surface area contributed by atoms with Crippen molar-refractivity contribution < 1.29 is 9.18 Å². The van der Waals surface area contributed by atoms with Crippen LogP contribution in [0.3, 0.4) is 0 Å². The van der Waals surface area contributed by atoms with Gasteiger partial charge in [-0.15, -0.1) is 11.3 Å². The molecule has 1 fully saturated rings. The third kappa shape index (κ3) is 3.95. The van der Waals surface area contributed by atoms with Crippen molar-refractivity contribution in [2.75, 3.05) is 20.1 Å². The molecule has 0 spiro atoms. The van der Waals surface area contributed by atoms with Crippen molar-refractivity contribution in [3.8, 4) is 10.6 Å². The molecular formula is C17H20FN3OS. The zero-order chi connectivity index (χ0) is 16.2. The Hall–Kier alpha value is -1.79. The van der Waals surface area contributed by atoms with Gasteiger partial charge in [0.15, 0.2) is 0 Å². The van der Waals surface area contributed by atoms with E-state index >= 15 is 0 Å². The lowest BCUT2D eigenvalue weighted by Gasteiger charge is -2.30. The number of likely N-dealkylation sites (tertiary alicyclic amines) is 1. The quantitative estimate of drug-likeness (QED) is 0.936. The molecular weight excluding hydrogens is 313 g/mol. The number of hydrogen-bond donors (Lipinski definition) is 1. The van der Waals surface area contributed by atoms with E-state index in [0.29, 0.717) is 0 Å². The molecule has 0 radical (unpaired) electrons. The average Bonchev–Trinajstić information content (AvgIpc) is 3.04. The number of carbonyl (C=O) groups is 1. The van der Waals surface area contributed by atoms with Crippen molar-refractivity contribution >= 4 is 17.2 Å². The van der Waals surface area contributed by atoms with Gasteiger partial charge in [0.2, 0.25) is 5.91 Å². The molecule has 2 heterocycles. The largest absolute Gasteiger partial charge is 0.359 e. The number of halogens is 1. The second-order valence-corrected chi connectivity index (χ2v) is 6.67. The highest BCUT2D eigenvalue weighted by molar-refractivity contribution is 7.13. The van der Waals surface area contributed by atoms with Gasteiger partial charge in [-0.25, -0.2) is 9.37 Å². The summed E-state index contributed by atoms with van der Waals surface area (Å²) in [5, 5.41) is 5.71. The van der Waals surface area contributed by atoms with Crippen LogP contribution in [0.25, 0.3) is 10.6 Å². The van der Waals surface area contributed by atoms with Crippen molar-refractivity contribution in [1.82, 2.24) is 15.2 Å². The Morgan fingerprint density at radius 1 is 1.35 bits per heavy atom. The standard InChI is InChI=1S/C17H20FN3OS/c1-19-16(22)12-6-8-21(9-7-12)10-15-11-23-17(20-15)13-2-4-14(18)5-3-13/h2-5,11-12H,6-10H2,1H3,(H,19,22). The topological polar surface area (TPSA) is 45.2 Å². The highest BCUT2D eigenvalue weighted by Gasteiger charge is 2.24. The monoisotopic (exact) mass is 333 g/mol. The van der Waals surface area contributed by atoms with Crippen LogP contribution in [0, 0.1) is 11.7 Å². The van der Waals surface area contributed by atoms with Crippen LogP contribution in [0.15, 0.2) is 29.6 Å². The number of piperidine rings is 1. The summed E-state index contributed by atoms with van der Waals surface area (Å²) in [6, 6.07) is 6.43. The highest BCUT2D eigenvalue weighted by Crippen LogP contribution is 2.25. The summed E-state index contributed by atoms with van der Waals surface area (Å²) < 4.78 is 13.0. The molecule has 2 aromatic rings. The van der Waals surface area contributed by atoms with E-state index < -0.39 is 0 Å². The Morgan fingerprint density at radius 2 is 2.04 bits per heavy atom. The number of aromatic nitrogens is 1. The third-order valence-electron chi connectivity index (χ3n) is 4.23. The van der Waals surface area contributed by atoms with Crippen molar-refractivity contribution in [2.45, 2.75) is 19.4 Å². The van der Waals surface area contributed by atoms with Crippen LogP contribution >= 0.6 is 11.3 Å². The van der Waals surface area contributed by atoms with E-state index in [2.05, 4.69) is 20.6 Å². The van der Waals surface area contributed by atoms with Gasteiger partial charge in [0, 0.05) is 30.5 Å². The molecule has 0 aliphatic carbocycles. The minimum absolute atomic E-state index is 0.140. The maximum Gasteiger partial charge on any atom is 0.222 e. The van der Waals surface area contributed by atoms with E-state index in [1.807, 2.05) is 0 Å². The van der Waals surface area contributed by atoms with Gasteiger partial charge < -0.3 is 5.32 Å². The lowest BCUT2D eigenvalue weighted by Crippen LogP contribution is -2.39. The van der Waals surface area contributed by atoms with Crippen LogP contribution < -0.4 is 5.32 Å². The second-order valence-electron chi connectivity index (χ2n) is 5.82. The number of hydrogen-bond acceptors (Lipinski definition) is 4. The molecule has 1 amide bonds.